The molecule has 1 aliphatic rings. The lowest BCUT2D eigenvalue weighted by atomic mass is 10.0. The molecule has 2 heterocycles. The van der Waals surface area contributed by atoms with E-state index in [2.05, 4.69) is 10.00 Å². The summed E-state index contributed by atoms with van der Waals surface area (Å²) in [5.41, 5.74) is 0.955. The Labute approximate surface area is 224 Å². The molecule has 1 atom stereocenters. The highest BCUT2D eigenvalue weighted by Gasteiger charge is 2.37. The number of aryl methyl sites for hydroxylation is 2. The zero-order chi connectivity index (χ0) is 27.0. The van der Waals surface area contributed by atoms with Crippen molar-refractivity contribution in [2.24, 2.45) is 0 Å². The first-order valence-electron chi connectivity index (χ1n) is 13.0. The number of aromatic nitrogens is 2. The Morgan fingerprint density at radius 3 is 2.61 bits per heavy atom. The molecule has 0 radical (unpaired) electrons. The lowest BCUT2D eigenvalue weighted by Crippen LogP contribution is -2.51. The third-order valence-electron chi connectivity index (χ3n) is 6.65. The van der Waals surface area contributed by atoms with E-state index in [0.29, 0.717) is 50.0 Å². The average molecular weight is 523 g/mol. The van der Waals surface area contributed by atoms with E-state index in [-0.39, 0.29) is 19.1 Å². The molecule has 3 aromatic rings. The predicted molar refractivity (Wildman–Crippen MR) is 144 cm³/mol. The van der Waals surface area contributed by atoms with Gasteiger partial charge in [0.1, 0.15) is 18.0 Å². The maximum atomic E-state index is 12.3. The standard InChI is InChI=1S/C29H38N4O5/c1-23-6-9-26(10-7-23)38-22-29(35)20-31(15-16-32(21-29)24(2)34)19-25-8-11-27(36-3)28(18-25)37-17-5-14-33-13-4-12-30-33/h4,6-13,18,35H,5,14-17,19-22H2,1-3H3/t29-/m0/s1. The van der Waals surface area contributed by atoms with Crippen molar-refractivity contribution in [3.05, 3.63) is 72.1 Å². The van der Waals surface area contributed by atoms with Gasteiger partial charge in [-0.1, -0.05) is 23.8 Å². The Balaban J connectivity index is 1.41. The number of aliphatic hydroxyl groups is 1. The number of amides is 1. The van der Waals surface area contributed by atoms with Crippen LogP contribution in [0.3, 0.4) is 0 Å². The summed E-state index contributed by atoms with van der Waals surface area (Å²) in [7, 11) is 1.63. The lowest BCUT2D eigenvalue weighted by molar-refractivity contribution is -0.132. The van der Waals surface area contributed by atoms with Crippen molar-refractivity contribution in [1.29, 1.82) is 0 Å². The van der Waals surface area contributed by atoms with Gasteiger partial charge in [-0.3, -0.25) is 14.4 Å². The van der Waals surface area contributed by atoms with Gasteiger partial charge < -0.3 is 24.2 Å². The van der Waals surface area contributed by atoms with E-state index in [1.165, 1.54) is 6.92 Å². The normalized spacial score (nSPS) is 18.2. The minimum atomic E-state index is -1.22. The van der Waals surface area contributed by atoms with Crippen LogP contribution in [-0.2, 0) is 17.9 Å². The van der Waals surface area contributed by atoms with Crippen molar-refractivity contribution in [1.82, 2.24) is 19.6 Å². The molecule has 0 unspecified atom stereocenters. The second-order valence-corrected chi connectivity index (χ2v) is 9.93. The second-order valence-electron chi connectivity index (χ2n) is 9.93. The van der Waals surface area contributed by atoms with Gasteiger partial charge in [-0.15, -0.1) is 0 Å². The van der Waals surface area contributed by atoms with Crippen molar-refractivity contribution in [2.45, 2.75) is 39.0 Å². The molecule has 0 saturated carbocycles. The molecule has 1 aliphatic heterocycles. The fraction of sp³-hybridized carbons (Fsp3) is 0.448. The third kappa shape index (κ3) is 7.72. The molecule has 0 spiro atoms. The van der Waals surface area contributed by atoms with Gasteiger partial charge in [0.25, 0.3) is 0 Å². The number of benzene rings is 2. The molecule has 0 aliphatic carbocycles. The predicted octanol–water partition coefficient (Wildman–Crippen LogP) is 3.14. The summed E-state index contributed by atoms with van der Waals surface area (Å²) in [5.74, 6) is 1.99. The van der Waals surface area contributed by atoms with E-state index < -0.39 is 5.60 Å². The Hall–Kier alpha value is -3.56. The van der Waals surface area contributed by atoms with Crippen LogP contribution >= 0.6 is 0 Å². The lowest BCUT2D eigenvalue weighted by Gasteiger charge is -2.32. The summed E-state index contributed by atoms with van der Waals surface area (Å²) in [4.78, 5) is 16.1. The van der Waals surface area contributed by atoms with E-state index in [1.807, 2.05) is 66.3 Å². The summed E-state index contributed by atoms with van der Waals surface area (Å²) >= 11 is 0. The summed E-state index contributed by atoms with van der Waals surface area (Å²) in [6, 6.07) is 15.5. The highest BCUT2D eigenvalue weighted by atomic mass is 16.5. The van der Waals surface area contributed by atoms with E-state index in [9.17, 15) is 9.90 Å². The number of hydrogen-bond donors (Lipinski definition) is 1. The molecule has 1 N–H and O–H groups in total. The molecule has 38 heavy (non-hydrogen) atoms. The van der Waals surface area contributed by atoms with Gasteiger partial charge in [-0.25, -0.2) is 0 Å². The number of rotatable bonds is 11. The van der Waals surface area contributed by atoms with Crippen LogP contribution in [0.25, 0.3) is 0 Å². The molecule has 1 saturated heterocycles. The molecule has 1 aromatic heterocycles. The number of carbonyl (C=O) groups is 1. The Morgan fingerprint density at radius 2 is 1.89 bits per heavy atom. The van der Waals surface area contributed by atoms with Crippen molar-refractivity contribution in [2.75, 3.05) is 46.5 Å². The van der Waals surface area contributed by atoms with E-state index in [1.54, 1.807) is 18.2 Å². The van der Waals surface area contributed by atoms with Gasteiger partial charge in [0.15, 0.2) is 11.5 Å². The minimum Gasteiger partial charge on any atom is -0.493 e. The summed E-state index contributed by atoms with van der Waals surface area (Å²) in [5, 5.41) is 15.8. The van der Waals surface area contributed by atoms with Gasteiger partial charge in [0.2, 0.25) is 5.91 Å². The van der Waals surface area contributed by atoms with Crippen LogP contribution in [0.1, 0.15) is 24.5 Å². The molecule has 4 rings (SSSR count). The first-order chi connectivity index (χ1) is 18.3. The first kappa shape index (κ1) is 27.5. The Morgan fingerprint density at radius 1 is 1.08 bits per heavy atom. The van der Waals surface area contributed by atoms with Crippen molar-refractivity contribution in [3.8, 4) is 17.2 Å². The van der Waals surface area contributed by atoms with Crippen LogP contribution in [-0.4, -0.2) is 82.7 Å². The summed E-state index contributed by atoms with van der Waals surface area (Å²) in [6.45, 7) is 7.31. The van der Waals surface area contributed by atoms with Crippen LogP contribution < -0.4 is 14.2 Å². The maximum absolute atomic E-state index is 12.3. The SMILES string of the molecule is COc1ccc(CN2CCN(C(C)=O)C[C@](O)(COc3ccc(C)cc3)C2)cc1OCCCn1cccn1. The fourth-order valence-corrected chi connectivity index (χ4v) is 4.62. The smallest absolute Gasteiger partial charge is 0.219 e. The molecular formula is C29H38N4O5. The van der Waals surface area contributed by atoms with Crippen LogP contribution in [0.5, 0.6) is 17.2 Å². The number of β-amino-alcohol motifs (C(OH)–C–C–N with tert-alkyl or cyclic N) is 1. The minimum absolute atomic E-state index is 0.0594. The van der Waals surface area contributed by atoms with Gasteiger partial charge in [-0.05, 0) is 42.8 Å². The molecule has 9 heteroatoms. The van der Waals surface area contributed by atoms with Crippen LogP contribution in [0.2, 0.25) is 0 Å². The molecule has 1 amide bonds. The van der Waals surface area contributed by atoms with Crippen LogP contribution in [0, 0.1) is 6.92 Å². The average Bonchev–Trinajstić information content (AvgIpc) is 3.36. The van der Waals surface area contributed by atoms with Crippen molar-refractivity contribution >= 4 is 5.91 Å². The van der Waals surface area contributed by atoms with Gasteiger partial charge >= 0.3 is 0 Å². The first-order valence-corrected chi connectivity index (χ1v) is 13.0. The third-order valence-corrected chi connectivity index (χ3v) is 6.65. The van der Waals surface area contributed by atoms with Crippen LogP contribution in [0.15, 0.2) is 60.9 Å². The highest BCUT2D eigenvalue weighted by Crippen LogP contribution is 2.29. The van der Waals surface area contributed by atoms with E-state index in [4.69, 9.17) is 14.2 Å². The Bertz CT molecular complexity index is 1170. The van der Waals surface area contributed by atoms with Gasteiger partial charge in [0.05, 0.1) is 20.3 Å². The number of hydrogen-bond acceptors (Lipinski definition) is 7. The number of nitrogens with zero attached hydrogens (tertiary/aromatic N) is 4. The summed E-state index contributed by atoms with van der Waals surface area (Å²) < 4.78 is 19.4. The zero-order valence-electron chi connectivity index (χ0n) is 22.5. The Kier molecular flexibility index (Phi) is 9.25. The molecule has 1 fully saturated rings. The van der Waals surface area contributed by atoms with Crippen molar-refractivity contribution < 1.29 is 24.1 Å². The largest absolute Gasteiger partial charge is 0.493 e. The number of methoxy groups -OCH3 is 1. The maximum Gasteiger partial charge on any atom is 0.219 e. The molecule has 2 aromatic carbocycles. The van der Waals surface area contributed by atoms with E-state index in [0.717, 1.165) is 24.1 Å². The van der Waals surface area contributed by atoms with Crippen molar-refractivity contribution in [3.63, 3.8) is 0 Å². The molecular weight excluding hydrogens is 484 g/mol. The topological polar surface area (TPSA) is 89.3 Å². The number of ether oxygens (including phenoxy) is 3. The number of carbonyl (C=O) groups excluding carboxylic acids is 1. The zero-order valence-corrected chi connectivity index (χ0v) is 22.5. The van der Waals surface area contributed by atoms with Gasteiger partial charge in [0, 0.05) is 58.5 Å². The van der Waals surface area contributed by atoms with Crippen LogP contribution in [0.4, 0.5) is 0 Å². The molecule has 204 valence electrons. The monoisotopic (exact) mass is 522 g/mol. The molecule has 0 bridgehead atoms. The van der Waals surface area contributed by atoms with E-state index >= 15 is 0 Å². The van der Waals surface area contributed by atoms with Gasteiger partial charge in [-0.2, -0.15) is 5.10 Å². The second kappa shape index (κ2) is 12.8. The molecule has 9 nitrogen and oxygen atoms in total. The quantitative estimate of drug-likeness (QED) is 0.387. The summed E-state index contributed by atoms with van der Waals surface area (Å²) in [6.07, 6.45) is 4.51. The highest BCUT2D eigenvalue weighted by molar-refractivity contribution is 5.73. The fourth-order valence-electron chi connectivity index (χ4n) is 4.62.